The second-order valence-electron chi connectivity index (χ2n) is 6.47. The number of carbonyl (C=O) groups is 2. The third-order valence-corrected chi connectivity index (χ3v) is 4.69. The molecule has 1 saturated heterocycles. The molecular formula is C15H18F2N6O5. The number of carboxylic acid groups (broad SMARTS) is 1. The fourth-order valence-corrected chi connectivity index (χ4v) is 3.36. The third kappa shape index (κ3) is 3.52. The van der Waals surface area contributed by atoms with Crippen LogP contribution >= 0.6 is 0 Å². The number of nitrogens with one attached hydrogen (secondary N) is 1. The number of hydrogen-bond acceptors (Lipinski definition) is 6. The quantitative estimate of drug-likeness (QED) is 0.664. The number of aromatic nitrogens is 5. The van der Waals surface area contributed by atoms with Crippen LogP contribution in [-0.4, -0.2) is 65.6 Å². The number of aromatic amines is 1. The zero-order valence-electron chi connectivity index (χ0n) is 14.8. The van der Waals surface area contributed by atoms with Crippen molar-refractivity contribution >= 4 is 12.4 Å². The number of fused-ring (bicyclic) bond motifs is 1. The van der Waals surface area contributed by atoms with Crippen molar-refractivity contribution in [2.45, 2.75) is 31.6 Å². The molecule has 0 bridgehead atoms. The highest BCUT2D eigenvalue weighted by atomic mass is 19.3. The summed E-state index contributed by atoms with van der Waals surface area (Å²) in [5.41, 5.74) is -1.34. The third-order valence-electron chi connectivity index (χ3n) is 4.69. The zero-order chi connectivity index (χ0) is 20.5. The summed E-state index contributed by atoms with van der Waals surface area (Å²) in [4.78, 5) is 34.5. The van der Waals surface area contributed by atoms with Gasteiger partial charge in [0.2, 0.25) is 0 Å². The SMILES string of the molecule is Cn1nc2n(c1=O)CC1(CCN(C(=O)c3cc(C(F)F)[nH]n3)C1)OC2.O=CO. The van der Waals surface area contributed by atoms with Gasteiger partial charge >= 0.3 is 5.69 Å². The molecule has 1 amide bonds. The number of carbonyl (C=O) groups excluding carboxylic acids is 1. The van der Waals surface area contributed by atoms with Gasteiger partial charge in [0.1, 0.15) is 17.9 Å². The number of rotatable bonds is 2. The Kier molecular flexibility index (Phi) is 5.27. The van der Waals surface area contributed by atoms with Gasteiger partial charge in [0.15, 0.2) is 11.5 Å². The van der Waals surface area contributed by atoms with Crippen LogP contribution < -0.4 is 5.69 Å². The monoisotopic (exact) mass is 400 g/mol. The zero-order valence-corrected chi connectivity index (χ0v) is 14.8. The van der Waals surface area contributed by atoms with Gasteiger partial charge in [-0.3, -0.25) is 19.3 Å². The Morgan fingerprint density at radius 2 is 2.18 bits per heavy atom. The Morgan fingerprint density at radius 3 is 2.82 bits per heavy atom. The fourth-order valence-electron chi connectivity index (χ4n) is 3.36. The molecule has 11 nitrogen and oxygen atoms in total. The molecular weight excluding hydrogens is 382 g/mol. The predicted molar refractivity (Wildman–Crippen MR) is 87.7 cm³/mol. The first-order valence-electron chi connectivity index (χ1n) is 8.27. The highest BCUT2D eigenvalue weighted by Gasteiger charge is 2.45. The lowest BCUT2D eigenvalue weighted by atomic mass is 10.0. The van der Waals surface area contributed by atoms with Gasteiger partial charge in [0.25, 0.3) is 18.8 Å². The van der Waals surface area contributed by atoms with Crippen LogP contribution in [0.25, 0.3) is 0 Å². The van der Waals surface area contributed by atoms with Crippen LogP contribution in [0.15, 0.2) is 10.9 Å². The molecule has 28 heavy (non-hydrogen) atoms. The highest BCUT2D eigenvalue weighted by molar-refractivity contribution is 5.92. The van der Waals surface area contributed by atoms with Gasteiger partial charge in [-0.05, 0) is 12.5 Å². The minimum absolute atomic E-state index is 0.0533. The van der Waals surface area contributed by atoms with Gasteiger partial charge in [-0.2, -0.15) is 10.2 Å². The van der Waals surface area contributed by atoms with Gasteiger partial charge in [0.05, 0.1) is 13.1 Å². The van der Waals surface area contributed by atoms with Crippen LogP contribution in [0.4, 0.5) is 8.78 Å². The molecule has 1 fully saturated rings. The Balaban J connectivity index is 0.000000706. The lowest BCUT2D eigenvalue weighted by Crippen LogP contribution is -2.47. The average molecular weight is 400 g/mol. The van der Waals surface area contributed by atoms with Crippen molar-refractivity contribution in [1.29, 1.82) is 0 Å². The van der Waals surface area contributed by atoms with E-state index in [2.05, 4.69) is 15.3 Å². The van der Waals surface area contributed by atoms with E-state index < -0.39 is 23.6 Å². The minimum atomic E-state index is -2.71. The summed E-state index contributed by atoms with van der Waals surface area (Å²) in [6.07, 6.45) is -2.16. The van der Waals surface area contributed by atoms with Crippen molar-refractivity contribution in [3.8, 4) is 0 Å². The van der Waals surface area contributed by atoms with E-state index in [1.165, 1.54) is 9.58 Å². The Hall–Kier alpha value is -3.09. The summed E-state index contributed by atoms with van der Waals surface area (Å²) >= 11 is 0. The van der Waals surface area contributed by atoms with Crippen LogP contribution in [0.2, 0.25) is 0 Å². The molecule has 2 N–H and O–H groups in total. The Morgan fingerprint density at radius 1 is 1.46 bits per heavy atom. The molecule has 1 spiro atoms. The number of ether oxygens (including phenoxy) is 1. The van der Waals surface area contributed by atoms with E-state index in [4.69, 9.17) is 14.6 Å². The minimum Gasteiger partial charge on any atom is -0.483 e. The molecule has 13 heteroatoms. The second kappa shape index (κ2) is 7.50. The lowest BCUT2D eigenvalue weighted by Gasteiger charge is -2.33. The number of amides is 1. The number of halogens is 2. The number of aryl methyl sites for hydroxylation is 1. The normalized spacial score (nSPS) is 20.8. The Bertz CT molecular complexity index is 938. The van der Waals surface area contributed by atoms with Gasteiger partial charge < -0.3 is 14.7 Å². The van der Waals surface area contributed by atoms with Crippen molar-refractivity contribution in [2.75, 3.05) is 13.1 Å². The first kappa shape index (κ1) is 19.7. The molecule has 1 atom stereocenters. The molecule has 2 aliphatic rings. The van der Waals surface area contributed by atoms with Crippen LogP contribution in [0.1, 0.15) is 34.9 Å². The number of hydrogen-bond donors (Lipinski definition) is 2. The second-order valence-corrected chi connectivity index (χ2v) is 6.47. The summed E-state index contributed by atoms with van der Waals surface area (Å²) in [5, 5.41) is 16.8. The van der Waals surface area contributed by atoms with E-state index >= 15 is 0 Å². The first-order chi connectivity index (χ1) is 13.3. The smallest absolute Gasteiger partial charge is 0.345 e. The van der Waals surface area contributed by atoms with E-state index in [1.54, 1.807) is 11.6 Å². The van der Waals surface area contributed by atoms with Crippen molar-refractivity contribution in [2.24, 2.45) is 7.05 Å². The topological polar surface area (TPSA) is 135 Å². The maximum absolute atomic E-state index is 12.6. The molecule has 0 saturated carbocycles. The molecule has 0 radical (unpaired) electrons. The molecule has 0 aliphatic carbocycles. The number of nitrogens with zero attached hydrogens (tertiary/aromatic N) is 5. The maximum atomic E-state index is 12.6. The first-order valence-corrected chi connectivity index (χ1v) is 8.27. The highest BCUT2D eigenvalue weighted by Crippen LogP contribution is 2.32. The van der Waals surface area contributed by atoms with Crippen LogP contribution in [0.3, 0.4) is 0 Å². The predicted octanol–water partition coefficient (Wildman–Crippen LogP) is -0.242. The van der Waals surface area contributed by atoms with Crippen molar-refractivity contribution in [1.82, 2.24) is 29.4 Å². The lowest BCUT2D eigenvalue weighted by molar-refractivity contribution is -0.122. The summed E-state index contributed by atoms with van der Waals surface area (Å²) in [5.74, 6) is 0.115. The van der Waals surface area contributed by atoms with E-state index in [0.717, 1.165) is 6.07 Å². The van der Waals surface area contributed by atoms with E-state index in [-0.39, 0.29) is 31.0 Å². The van der Waals surface area contributed by atoms with Crippen molar-refractivity contribution in [3.63, 3.8) is 0 Å². The van der Waals surface area contributed by atoms with Gasteiger partial charge in [-0.15, -0.1) is 0 Å². The van der Waals surface area contributed by atoms with Crippen molar-refractivity contribution in [3.05, 3.63) is 33.8 Å². The van der Waals surface area contributed by atoms with Gasteiger partial charge in [-0.25, -0.2) is 18.3 Å². The van der Waals surface area contributed by atoms with Crippen LogP contribution in [-0.2, 0) is 29.7 Å². The maximum Gasteiger partial charge on any atom is 0.345 e. The molecule has 152 valence electrons. The van der Waals surface area contributed by atoms with Crippen LogP contribution in [0.5, 0.6) is 0 Å². The number of likely N-dealkylation sites (tertiary alicyclic amines) is 1. The molecule has 2 aromatic heterocycles. The fraction of sp³-hybridized carbons (Fsp3) is 0.533. The molecule has 1 unspecified atom stereocenters. The Labute approximate surface area is 156 Å². The van der Waals surface area contributed by atoms with E-state index in [0.29, 0.717) is 25.3 Å². The molecule has 0 aromatic carbocycles. The summed E-state index contributed by atoms with van der Waals surface area (Å²) < 4.78 is 34.0. The standard InChI is InChI=1S/C14H16F2N6O3.CH2O2/c1-20-13(24)22-7-14(25-5-10(22)19-20)2-3-21(6-14)12(23)9-4-8(11(15)16)17-18-9;2-1-3/h4,11H,2-3,5-7H2,1H3,(H,17,18);1H,(H,2,3). The summed E-state index contributed by atoms with van der Waals surface area (Å²) in [7, 11) is 1.57. The molecule has 2 aliphatic heterocycles. The molecule has 4 heterocycles. The van der Waals surface area contributed by atoms with Crippen molar-refractivity contribution < 1.29 is 28.2 Å². The number of H-pyrrole nitrogens is 1. The molecule has 2 aromatic rings. The number of alkyl halides is 2. The van der Waals surface area contributed by atoms with E-state index in [1.807, 2.05) is 0 Å². The summed E-state index contributed by atoms with van der Waals surface area (Å²) in [6, 6.07) is 1.06. The largest absolute Gasteiger partial charge is 0.483 e. The average Bonchev–Trinajstić information content (AvgIpc) is 3.36. The van der Waals surface area contributed by atoms with Gasteiger partial charge in [-0.1, -0.05) is 0 Å². The molecule has 4 rings (SSSR count). The summed E-state index contributed by atoms with van der Waals surface area (Å²) in [6.45, 7) is 0.918. The van der Waals surface area contributed by atoms with Gasteiger partial charge in [0, 0.05) is 13.6 Å². The van der Waals surface area contributed by atoms with E-state index in [9.17, 15) is 18.4 Å². The van der Waals surface area contributed by atoms with Crippen LogP contribution in [0, 0.1) is 0 Å².